The van der Waals surface area contributed by atoms with Gasteiger partial charge in [0.25, 0.3) is 0 Å². The third-order valence-corrected chi connectivity index (χ3v) is 5.47. The van der Waals surface area contributed by atoms with Crippen LogP contribution in [0.3, 0.4) is 0 Å². The predicted octanol–water partition coefficient (Wildman–Crippen LogP) is 2.68. The van der Waals surface area contributed by atoms with E-state index < -0.39 is 0 Å². The monoisotopic (exact) mass is 493 g/mol. The fraction of sp³-hybridized carbons (Fsp3) is 0.900. The molecule has 0 bridgehead atoms. The first-order valence-corrected chi connectivity index (χ1v) is 10.7. The fourth-order valence-corrected chi connectivity index (χ4v) is 3.90. The number of carbonyl (C=O) groups excluding carboxylic acids is 1. The van der Waals surface area contributed by atoms with E-state index in [1.165, 1.54) is 32.4 Å². The van der Waals surface area contributed by atoms with E-state index >= 15 is 0 Å². The van der Waals surface area contributed by atoms with E-state index in [1.807, 2.05) is 4.90 Å². The number of amides is 1. The lowest BCUT2D eigenvalue weighted by atomic mass is 9.98. The molecule has 0 saturated carbocycles. The van der Waals surface area contributed by atoms with Crippen LogP contribution in [-0.2, 0) is 4.79 Å². The topological polar surface area (TPSA) is 60.0 Å². The number of guanidine groups is 1. The van der Waals surface area contributed by atoms with Crippen LogP contribution in [0.4, 0.5) is 0 Å². The highest BCUT2D eigenvalue weighted by Gasteiger charge is 2.18. The van der Waals surface area contributed by atoms with E-state index in [1.54, 1.807) is 0 Å². The summed E-state index contributed by atoms with van der Waals surface area (Å²) in [4.78, 5) is 21.4. The zero-order valence-electron chi connectivity index (χ0n) is 17.3. The molecule has 0 aromatic rings. The van der Waals surface area contributed by atoms with Crippen molar-refractivity contribution in [3.05, 3.63) is 0 Å². The van der Waals surface area contributed by atoms with Gasteiger partial charge in [-0.3, -0.25) is 9.79 Å². The molecule has 2 heterocycles. The minimum Gasteiger partial charge on any atom is -0.357 e. The molecule has 0 aromatic heterocycles. The number of hydrogen-bond donors (Lipinski definition) is 2. The van der Waals surface area contributed by atoms with Crippen LogP contribution in [-0.4, -0.2) is 74.0 Å². The van der Waals surface area contributed by atoms with Gasteiger partial charge in [-0.1, -0.05) is 13.3 Å². The largest absolute Gasteiger partial charge is 0.357 e. The molecule has 7 heteroatoms. The molecule has 2 fully saturated rings. The van der Waals surface area contributed by atoms with E-state index in [2.05, 4.69) is 29.4 Å². The molecule has 2 aliphatic heterocycles. The zero-order valence-corrected chi connectivity index (χ0v) is 19.7. The molecule has 0 aliphatic carbocycles. The second kappa shape index (κ2) is 14.4. The lowest BCUT2D eigenvalue weighted by Gasteiger charge is -2.31. The summed E-state index contributed by atoms with van der Waals surface area (Å²) in [5, 5.41) is 6.79. The first-order chi connectivity index (χ1) is 12.7. The maximum absolute atomic E-state index is 12.0. The van der Waals surface area contributed by atoms with Gasteiger partial charge >= 0.3 is 0 Å². The van der Waals surface area contributed by atoms with Crippen LogP contribution in [0.1, 0.15) is 58.8 Å². The van der Waals surface area contributed by atoms with Crippen LogP contribution in [0.2, 0.25) is 0 Å². The van der Waals surface area contributed by atoms with Gasteiger partial charge in [0.1, 0.15) is 0 Å². The third kappa shape index (κ3) is 9.45. The van der Waals surface area contributed by atoms with Crippen LogP contribution in [0.15, 0.2) is 4.99 Å². The van der Waals surface area contributed by atoms with Gasteiger partial charge in [0, 0.05) is 45.7 Å². The molecule has 27 heavy (non-hydrogen) atoms. The molecule has 158 valence electrons. The SMILES string of the molecule is CCNC(=NCC1CCCN(CC)C1)NCCCN1CCCCCC1=O.I. The van der Waals surface area contributed by atoms with Gasteiger partial charge in [-0.25, -0.2) is 0 Å². The first kappa shape index (κ1) is 24.5. The molecule has 2 N–H and O–H groups in total. The van der Waals surface area contributed by atoms with E-state index in [0.29, 0.717) is 11.8 Å². The maximum Gasteiger partial charge on any atom is 0.222 e. The summed E-state index contributed by atoms with van der Waals surface area (Å²) in [6.45, 7) is 12.3. The average molecular weight is 493 g/mol. The van der Waals surface area contributed by atoms with Crippen molar-refractivity contribution >= 4 is 35.8 Å². The van der Waals surface area contributed by atoms with Gasteiger partial charge in [0.05, 0.1) is 0 Å². The van der Waals surface area contributed by atoms with Crippen molar-refractivity contribution in [1.82, 2.24) is 20.4 Å². The lowest BCUT2D eigenvalue weighted by molar-refractivity contribution is -0.130. The lowest BCUT2D eigenvalue weighted by Crippen LogP contribution is -2.41. The Hall–Kier alpha value is -0.570. The van der Waals surface area contributed by atoms with Gasteiger partial charge < -0.3 is 20.4 Å². The molecule has 1 atom stereocenters. The smallest absolute Gasteiger partial charge is 0.222 e. The highest BCUT2D eigenvalue weighted by Crippen LogP contribution is 2.16. The van der Waals surface area contributed by atoms with E-state index in [9.17, 15) is 4.79 Å². The molecule has 2 rings (SSSR count). The number of carbonyl (C=O) groups is 1. The number of halogens is 1. The highest BCUT2D eigenvalue weighted by molar-refractivity contribution is 14.0. The van der Waals surface area contributed by atoms with E-state index in [4.69, 9.17) is 4.99 Å². The fourth-order valence-electron chi connectivity index (χ4n) is 3.90. The van der Waals surface area contributed by atoms with Crippen LogP contribution in [0.5, 0.6) is 0 Å². The Labute approximate surface area is 182 Å². The Bertz CT molecular complexity index is 446. The number of likely N-dealkylation sites (tertiary alicyclic amines) is 2. The summed E-state index contributed by atoms with van der Waals surface area (Å²) < 4.78 is 0. The van der Waals surface area contributed by atoms with Crippen molar-refractivity contribution < 1.29 is 4.79 Å². The summed E-state index contributed by atoms with van der Waals surface area (Å²) in [6, 6.07) is 0. The predicted molar refractivity (Wildman–Crippen MR) is 124 cm³/mol. The maximum atomic E-state index is 12.0. The van der Waals surface area contributed by atoms with Crippen LogP contribution < -0.4 is 10.6 Å². The Balaban J connectivity index is 0.00000364. The summed E-state index contributed by atoms with van der Waals surface area (Å²) >= 11 is 0. The number of hydrogen-bond acceptors (Lipinski definition) is 3. The molecule has 0 radical (unpaired) electrons. The second-order valence-electron chi connectivity index (χ2n) is 7.59. The molecule has 6 nitrogen and oxygen atoms in total. The third-order valence-electron chi connectivity index (χ3n) is 5.47. The normalized spacial score (nSPS) is 22.1. The Kier molecular flexibility index (Phi) is 13.1. The van der Waals surface area contributed by atoms with Crippen molar-refractivity contribution in [1.29, 1.82) is 0 Å². The van der Waals surface area contributed by atoms with Crippen molar-refractivity contribution in [3.63, 3.8) is 0 Å². The number of aliphatic imine (C=N–C) groups is 1. The molecule has 1 unspecified atom stereocenters. The zero-order chi connectivity index (χ0) is 18.6. The minimum absolute atomic E-state index is 0. The standard InChI is InChI=1S/C20H39N5O.HI/c1-3-21-20(23-16-18-10-8-13-24(4-2)17-18)22-12-9-15-25-14-7-5-6-11-19(25)26;/h18H,3-17H2,1-2H3,(H2,21,22,23);1H. The number of piperidine rings is 1. The summed E-state index contributed by atoms with van der Waals surface area (Å²) in [5.74, 6) is 1.93. The van der Waals surface area contributed by atoms with E-state index in [-0.39, 0.29) is 24.0 Å². The molecular formula is C20H40IN5O. The molecular weight excluding hydrogens is 453 g/mol. The van der Waals surface area contributed by atoms with Crippen molar-refractivity contribution in [2.24, 2.45) is 10.9 Å². The van der Waals surface area contributed by atoms with Crippen molar-refractivity contribution in [2.75, 3.05) is 52.4 Å². The summed E-state index contributed by atoms with van der Waals surface area (Å²) in [6.07, 6.45) is 7.68. The van der Waals surface area contributed by atoms with Crippen LogP contribution in [0.25, 0.3) is 0 Å². The number of nitrogens with one attached hydrogen (secondary N) is 2. The quantitative estimate of drug-likeness (QED) is 0.236. The Morgan fingerprint density at radius 2 is 2.00 bits per heavy atom. The van der Waals surface area contributed by atoms with Gasteiger partial charge in [-0.2, -0.15) is 0 Å². The van der Waals surface area contributed by atoms with Crippen LogP contribution in [0, 0.1) is 5.92 Å². The van der Waals surface area contributed by atoms with Crippen LogP contribution >= 0.6 is 24.0 Å². The summed E-state index contributed by atoms with van der Waals surface area (Å²) in [7, 11) is 0. The molecule has 2 aliphatic rings. The molecule has 2 saturated heterocycles. The van der Waals surface area contributed by atoms with Gasteiger partial charge in [0.2, 0.25) is 5.91 Å². The van der Waals surface area contributed by atoms with Gasteiger partial charge in [-0.15, -0.1) is 24.0 Å². The second-order valence-corrected chi connectivity index (χ2v) is 7.59. The number of rotatable bonds is 8. The number of nitrogens with zero attached hydrogens (tertiary/aromatic N) is 3. The highest BCUT2D eigenvalue weighted by atomic mass is 127. The Morgan fingerprint density at radius 1 is 1.15 bits per heavy atom. The Morgan fingerprint density at radius 3 is 2.78 bits per heavy atom. The van der Waals surface area contributed by atoms with E-state index in [0.717, 1.165) is 70.9 Å². The molecule has 0 aromatic carbocycles. The molecule has 0 spiro atoms. The van der Waals surface area contributed by atoms with Crippen molar-refractivity contribution in [2.45, 2.75) is 58.8 Å². The van der Waals surface area contributed by atoms with Crippen molar-refractivity contribution in [3.8, 4) is 0 Å². The minimum atomic E-state index is 0. The first-order valence-electron chi connectivity index (χ1n) is 10.7. The van der Waals surface area contributed by atoms with Gasteiger partial charge in [-0.05, 0) is 58.0 Å². The summed E-state index contributed by atoms with van der Waals surface area (Å²) in [5.41, 5.74) is 0. The van der Waals surface area contributed by atoms with Gasteiger partial charge in [0.15, 0.2) is 5.96 Å². The average Bonchev–Trinajstić information content (AvgIpc) is 2.87. The molecule has 1 amide bonds.